The van der Waals surface area contributed by atoms with Crippen molar-refractivity contribution in [2.75, 3.05) is 7.05 Å². The van der Waals surface area contributed by atoms with E-state index in [4.69, 9.17) is 0 Å². The average molecular weight is 310 g/mol. The van der Waals surface area contributed by atoms with Gasteiger partial charge in [-0.15, -0.1) is 0 Å². The van der Waals surface area contributed by atoms with Crippen molar-refractivity contribution >= 4 is 21.8 Å². The molecule has 6 nitrogen and oxygen atoms in total. The van der Waals surface area contributed by atoms with Crippen LogP contribution in [0.4, 0.5) is 0 Å². The SMILES string of the molecule is Cc1ccccc1CS(=O)(=O)N(C)C1CCC(=O)NC1=O. The summed E-state index contributed by atoms with van der Waals surface area (Å²) in [6.07, 6.45) is 0.370. The van der Waals surface area contributed by atoms with Gasteiger partial charge >= 0.3 is 0 Å². The molecule has 1 fully saturated rings. The Balaban J connectivity index is 2.17. The minimum absolute atomic E-state index is 0.153. The molecule has 2 rings (SSSR count). The zero-order chi connectivity index (χ0) is 15.6. The molecule has 0 aliphatic carbocycles. The average Bonchev–Trinajstić information content (AvgIpc) is 2.40. The summed E-state index contributed by atoms with van der Waals surface area (Å²) in [4.78, 5) is 22.9. The lowest BCUT2D eigenvalue weighted by atomic mass is 10.1. The van der Waals surface area contributed by atoms with E-state index in [0.717, 1.165) is 9.87 Å². The molecule has 1 aliphatic rings. The molecule has 0 saturated carbocycles. The summed E-state index contributed by atoms with van der Waals surface area (Å²) >= 11 is 0. The first kappa shape index (κ1) is 15.7. The minimum atomic E-state index is -3.62. The Kier molecular flexibility index (Phi) is 4.43. The molecule has 7 heteroatoms. The molecular formula is C14H18N2O4S. The lowest BCUT2D eigenvalue weighted by Gasteiger charge is -2.29. The van der Waals surface area contributed by atoms with Gasteiger partial charge in [0.25, 0.3) is 0 Å². The molecule has 0 bridgehead atoms. The smallest absolute Gasteiger partial charge is 0.244 e. The van der Waals surface area contributed by atoms with E-state index in [9.17, 15) is 18.0 Å². The summed E-state index contributed by atoms with van der Waals surface area (Å²) < 4.78 is 25.9. The number of piperidine rings is 1. The third kappa shape index (κ3) is 3.48. The summed E-state index contributed by atoms with van der Waals surface area (Å²) in [5.41, 5.74) is 1.59. The van der Waals surface area contributed by atoms with E-state index < -0.39 is 22.0 Å². The Morgan fingerprint density at radius 3 is 2.57 bits per heavy atom. The monoisotopic (exact) mass is 310 g/mol. The van der Waals surface area contributed by atoms with Crippen molar-refractivity contribution in [3.63, 3.8) is 0 Å². The lowest BCUT2D eigenvalue weighted by Crippen LogP contribution is -2.53. The number of rotatable bonds is 4. The Hall–Kier alpha value is -1.73. The van der Waals surface area contributed by atoms with Gasteiger partial charge in [0.2, 0.25) is 21.8 Å². The topological polar surface area (TPSA) is 83.6 Å². The molecule has 1 saturated heterocycles. The normalized spacial score (nSPS) is 19.7. The van der Waals surface area contributed by atoms with Crippen LogP contribution in [0.1, 0.15) is 24.0 Å². The number of carbonyl (C=O) groups is 2. The second-order valence-electron chi connectivity index (χ2n) is 5.17. The highest BCUT2D eigenvalue weighted by molar-refractivity contribution is 7.88. The van der Waals surface area contributed by atoms with Crippen molar-refractivity contribution < 1.29 is 18.0 Å². The number of hydrogen-bond acceptors (Lipinski definition) is 4. The molecule has 1 aromatic rings. The van der Waals surface area contributed by atoms with Crippen molar-refractivity contribution in [3.05, 3.63) is 35.4 Å². The summed E-state index contributed by atoms with van der Waals surface area (Å²) in [6, 6.07) is 6.40. The zero-order valence-electron chi connectivity index (χ0n) is 12.0. The van der Waals surface area contributed by atoms with Crippen LogP contribution in [0.3, 0.4) is 0 Å². The third-order valence-corrected chi connectivity index (χ3v) is 5.49. The van der Waals surface area contributed by atoms with Crippen LogP contribution in [0.5, 0.6) is 0 Å². The molecule has 1 aliphatic heterocycles. The van der Waals surface area contributed by atoms with Gasteiger partial charge in [-0.05, 0) is 24.5 Å². The van der Waals surface area contributed by atoms with E-state index in [1.807, 2.05) is 19.1 Å². The number of hydrogen-bond donors (Lipinski definition) is 1. The number of benzene rings is 1. The maximum absolute atomic E-state index is 12.4. The van der Waals surface area contributed by atoms with Crippen LogP contribution < -0.4 is 5.32 Å². The van der Waals surface area contributed by atoms with Crippen LogP contribution >= 0.6 is 0 Å². The van der Waals surface area contributed by atoms with Crippen molar-refractivity contribution in [1.82, 2.24) is 9.62 Å². The van der Waals surface area contributed by atoms with Crippen molar-refractivity contribution in [2.45, 2.75) is 31.6 Å². The molecule has 1 heterocycles. The molecular weight excluding hydrogens is 292 g/mol. The Labute approximate surface area is 124 Å². The number of sulfonamides is 1. The van der Waals surface area contributed by atoms with Crippen molar-refractivity contribution in [3.8, 4) is 0 Å². The van der Waals surface area contributed by atoms with Gasteiger partial charge in [-0.25, -0.2) is 8.42 Å². The highest BCUT2D eigenvalue weighted by atomic mass is 32.2. The van der Waals surface area contributed by atoms with Crippen molar-refractivity contribution in [1.29, 1.82) is 0 Å². The summed E-state index contributed by atoms with van der Waals surface area (Å²) in [5.74, 6) is -1.07. The highest BCUT2D eigenvalue weighted by Crippen LogP contribution is 2.19. The van der Waals surface area contributed by atoms with E-state index in [1.165, 1.54) is 7.05 Å². The summed E-state index contributed by atoms with van der Waals surface area (Å²) in [5, 5.41) is 2.17. The second-order valence-corrected chi connectivity index (χ2v) is 7.19. The Morgan fingerprint density at radius 1 is 1.29 bits per heavy atom. The maximum Gasteiger partial charge on any atom is 0.244 e. The first-order valence-corrected chi connectivity index (χ1v) is 8.26. The lowest BCUT2D eigenvalue weighted by molar-refractivity contribution is -0.135. The molecule has 0 aromatic heterocycles. The van der Waals surface area contributed by atoms with E-state index in [2.05, 4.69) is 5.32 Å². The van der Waals surface area contributed by atoms with Gasteiger partial charge < -0.3 is 0 Å². The highest BCUT2D eigenvalue weighted by Gasteiger charge is 2.35. The van der Waals surface area contributed by atoms with Crippen LogP contribution in [-0.2, 0) is 25.4 Å². The number of amides is 2. The molecule has 1 atom stereocenters. The molecule has 114 valence electrons. The minimum Gasteiger partial charge on any atom is -0.295 e. The number of likely N-dealkylation sites (N-methyl/N-ethyl adjacent to an activating group) is 1. The van der Waals surface area contributed by atoms with Crippen LogP contribution in [0.2, 0.25) is 0 Å². The number of aryl methyl sites for hydroxylation is 1. The summed E-state index contributed by atoms with van der Waals surface area (Å²) in [6.45, 7) is 1.84. The van der Waals surface area contributed by atoms with Crippen LogP contribution in [0, 0.1) is 6.92 Å². The largest absolute Gasteiger partial charge is 0.295 e. The third-order valence-electron chi connectivity index (χ3n) is 3.69. The Bertz CT molecular complexity index is 669. The van der Waals surface area contributed by atoms with Crippen molar-refractivity contribution in [2.24, 2.45) is 0 Å². The number of nitrogens with one attached hydrogen (secondary N) is 1. The molecule has 1 unspecified atom stereocenters. The van der Waals surface area contributed by atoms with Gasteiger partial charge in [0.15, 0.2) is 0 Å². The number of imide groups is 1. The predicted octanol–water partition coefficient (Wildman–Crippen LogP) is 0.562. The molecule has 21 heavy (non-hydrogen) atoms. The first-order chi connectivity index (χ1) is 9.81. The quantitative estimate of drug-likeness (QED) is 0.824. The number of carbonyl (C=O) groups excluding carboxylic acids is 2. The standard InChI is InChI=1S/C14H18N2O4S/c1-10-5-3-4-6-11(10)9-21(19,20)16(2)12-7-8-13(17)15-14(12)18/h3-6,12H,7-9H2,1-2H3,(H,15,17,18). The number of nitrogens with zero attached hydrogens (tertiary/aromatic N) is 1. The van der Waals surface area contributed by atoms with Gasteiger partial charge in [-0.3, -0.25) is 14.9 Å². The van der Waals surface area contributed by atoms with Crippen LogP contribution in [0.25, 0.3) is 0 Å². The van der Waals surface area contributed by atoms with Gasteiger partial charge in [-0.2, -0.15) is 4.31 Å². The van der Waals surface area contributed by atoms with Gasteiger partial charge in [0, 0.05) is 13.5 Å². The second kappa shape index (κ2) is 5.95. The molecule has 0 spiro atoms. The van der Waals surface area contributed by atoms with E-state index in [0.29, 0.717) is 5.56 Å². The first-order valence-electron chi connectivity index (χ1n) is 6.65. The maximum atomic E-state index is 12.4. The molecule has 1 aromatic carbocycles. The molecule has 0 radical (unpaired) electrons. The van der Waals surface area contributed by atoms with E-state index >= 15 is 0 Å². The van der Waals surface area contributed by atoms with E-state index in [1.54, 1.807) is 12.1 Å². The van der Waals surface area contributed by atoms with Gasteiger partial charge in [-0.1, -0.05) is 24.3 Å². The molecule has 2 amide bonds. The molecule has 1 N–H and O–H groups in total. The fourth-order valence-corrected chi connectivity index (χ4v) is 3.80. The van der Waals surface area contributed by atoms with E-state index in [-0.39, 0.29) is 24.5 Å². The Morgan fingerprint density at radius 2 is 1.95 bits per heavy atom. The van der Waals surface area contributed by atoms with Crippen LogP contribution in [0.15, 0.2) is 24.3 Å². The summed E-state index contributed by atoms with van der Waals surface area (Å²) in [7, 11) is -2.24. The van der Waals surface area contributed by atoms with Gasteiger partial charge in [0.05, 0.1) is 5.75 Å². The zero-order valence-corrected chi connectivity index (χ0v) is 12.8. The fraction of sp³-hybridized carbons (Fsp3) is 0.429. The fourth-order valence-electron chi connectivity index (χ4n) is 2.29. The van der Waals surface area contributed by atoms with Crippen LogP contribution in [-0.4, -0.2) is 37.6 Å². The predicted molar refractivity (Wildman–Crippen MR) is 77.7 cm³/mol. The van der Waals surface area contributed by atoms with Gasteiger partial charge in [0.1, 0.15) is 6.04 Å².